The molecule has 26 heavy (non-hydrogen) atoms. The molecule has 0 amide bonds. The lowest BCUT2D eigenvalue weighted by Crippen LogP contribution is -2.04. The van der Waals surface area contributed by atoms with E-state index in [1.807, 2.05) is 17.8 Å². The molecule has 0 aliphatic rings. The molecule has 0 atom stereocenters. The van der Waals surface area contributed by atoms with Crippen molar-refractivity contribution in [1.82, 2.24) is 9.78 Å². The van der Waals surface area contributed by atoms with Crippen molar-refractivity contribution in [3.05, 3.63) is 88.8 Å². The summed E-state index contributed by atoms with van der Waals surface area (Å²) in [4.78, 5) is 0. The molecule has 0 radical (unpaired) electrons. The van der Waals surface area contributed by atoms with Gasteiger partial charge in [0.05, 0.1) is 11.4 Å². The molecule has 3 nitrogen and oxygen atoms in total. The van der Waals surface area contributed by atoms with Crippen molar-refractivity contribution in [3.8, 4) is 0 Å². The van der Waals surface area contributed by atoms with E-state index in [1.54, 1.807) is 6.20 Å². The molecule has 3 rings (SSSR count). The summed E-state index contributed by atoms with van der Waals surface area (Å²) in [6.07, 6.45) is 6.14. The minimum atomic E-state index is 0.840. The van der Waals surface area contributed by atoms with Gasteiger partial charge < -0.3 is 5.32 Å². The Morgan fingerprint density at radius 2 is 1.73 bits per heavy atom. The summed E-state index contributed by atoms with van der Waals surface area (Å²) in [5, 5.41) is 7.58. The molecule has 0 aliphatic carbocycles. The maximum absolute atomic E-state index is 4.19. The summed E-state index contributed by atoms with van der Waals surface area (Å²) in [5.74, 6) is 0. The first-order chi connectivity index (χ1) is 12.5. The molecular formula is C23H25N3. The molecule has 1 heterocycles. The zero-order valence-corrected chi connectivity index (χ0v) is 15.9. The Morgan fingerprint density at radius 3 is 2.35 bits per heavy atom. The molecule has 0 saturated carbocycles. The smallest absolute Gasteiger partial charge is 0.0835 e. The van der Waals surface area contributed by atoms with E-state index in [-0.39, 0.29) is 0 Å². The van der Waals surface area contributed by atoms with Crippen molar-refractivity contribution >= 4 is 23.5 Å². The van der Waals surface area contributed by atoms with Crippen LogP contribution in [0.1, 0.15) is 33.5 Å². The highest BCUT2D eigenvalue weighted by Gasteiger charge is 2.06. The highest BCUT2D eigenvalue weighted by Crippen LogP contribution is 2.23. The minimum Gasteiger partial charge on any atom is -0.354 e. The second-order valence-electron chi connectivity index (χ2n) is 6.66. The summed E-state index contributed by atoms with van der Waals surface area (Å²) in [7, 11) is 1.91. The standard InChI is InChI=1S/C23H25N3/c1-16-7-6-8-17(2)21(16)11-9-20-10-12-22(18(3)15-20)25-19(4)23-13-14-24-26(23)5/h6-15,25H,4H2,1-3,5H3/b11-9+. The van der Waals surface area contributed by atoms with Crippen LogP contribution in [0.15, 0.2) is 55.2 Å². The van der Waals surface area contributed by atoms with Crippen molar-refractivity contribution in [3.63, 3.8) is 0 Å². The summed E-state index contributed by atoms with van der Waals surface area (Å²) >= 11 is 0. The number of nitrogens with zero attached hydrogens (tertiary/aromatic N) is 2. The van der Waals surface area contributed by atoms with Gasteiger partial charge in [0, 0.05) is 18.9 Å². The molecule has 3 aromatic rings. The quantitative estimate of drug-likeness (QED) is 0.611. The Balaban J connectivity index is 1.78. The lowest BCUT2D eigenvalue weighted by molar-refractivity contribution is 0.756. The van der Waals surface area contributed by atoms with Gasteiger partial charge in [-0.25, -0.2) is 0 Å². The number of anilines is 1. The van der Waals surface area contributed by atoms with E-state index < -0.39 is 0 Å². The van der Waals surface area contributed by atoms with Gasteiger partial charge in [0.1, 0.15) is 0 Å². The van der Waals surface area contributed by atoms with Gasteiger partial charge in [0.2, 0.25) is 0 Å². The number of aryl methyl sites for hydroxylation is 4. The number of rotatable bonds is 5. The molecule has 0 saturated heterocycles. The van der Waals surface area contributed by atoms with Gasteiger partial charge >= 0.3 is 0 Å². The van der Waals surface area contributed by atoms with Crippen molar-refractivity contribution in [2.45, 2.75) is 20.8 Å². The summed E-state index contributed by atoms with van der Waals surface area (Å²) in [5.41, 5.74) is 9.11. The van der Waals surface area contributed by atoms with Gasteiger partial charge in [-0.15, -0.1) is 0 Å². The van der Waals surface area contributed by atoms with Gasteiger partial charge in [-0.05, 0) is 66.8 Å². The zero-order chi connectivity index (χ0) is 18.7. The first-order valence-corrected chi connectivity index (χ1v) is 8.75. The molecule has 1 aromatic heterocycles. The SMILES string of the molecule is C=C(Nc1ccc(/C=C/c2c(C)cccc2C)cc1C)c1ccnn1C. The molecule has 132 valence electrons. The van der Waals surface area contributed by atoms with Crippen LogP contribution in [0.3, 0.4) is 0 Å². The number of hydrogen-bond donors (Lipinski definition) is 1. The summed E-state index contributed by atoms with van der Waals surface area (Å²) in [6.45, 7) is 10.5. The van der Waals surface area contributed by atoms with Crippen LogP contribution in [0, 0.1) is 20.8 Å². The minimum absolute atomic E-state index is 0.840. The van der Waals surface area contributed by atoms with Crippen molar-refractivity contribution < 1.29 is 0 Å². The third-order valence-electron chi connectivity index (χ3n) is 4.65. The van der Waals surface area contributed by atoms with Gasteiger partial charge in [-0.2, -0.15) is 5.10 Å². The van der Waals surface area contributed by atoms with Crippen LogP contribution in [0.5, 0.6) is 0 Å². The third-order valence-corrected chi connectivity index (χ3v) is 4.65. The molecule has 0 fully saturated rings. The van der Waals surface area contributed by atoms with Gasteiger partial charge in [0.25, 0.3) is 0 Å². The molecule has 2 aromatic carbocycles. The van der Waals surface area contributed by atoms with E-state index in [0.29, 0.717) is 0 Å². The Morgan fingerprint density at radius 1 is 1.00 bits per heavy atom. The molecule has 1 N–H and O–H groups in total. The lowest BCUT2D eigenvalue weighted by atomic mass is 10.0. The fourth-order valence-corrected chi connectivity index (χ4v) is 3.10. The van der Waals surface area contributed by atoms with E-state index in [0.717, 1.165) is 17.1 Å². The van der Waals surface area contributed by atoms with Crippen molar-refractivity contribution in [2.24, 2.45) is 7.05 Å². The van der Waals surface area contributed by atoms with Crippen molar-refractivity contribution in [1.29, 1.82) is 0 Å². The summed E-state index contributed by atoms with van der Waals surface area (Å²) in [6, 6.07) is 14.7. The van der Waals surface area contributed by atoms with E-state index in [9.17, 15) is 0 Å². The second kappa shape index (κ2) is 7.44. The molecule has 0 spiro atoms. The van der Waals surface area contributed by atoms with Gasteiger partial charge in [0.15, 0.2) is 0 Å². The highest BCUT2D eigenvalue weighted by atomic mass is 15.3. The number of nitrogens with one attached hydrogen (secondary N) is 1. The topological polar surface area (TPSA) is 29.9 Å². The predicted octanol–water partition coefficient (Wildman–Crippen LogP) is 5.60. The van der Waals surface area contributed by atoms with Crippen LogP contribution < -0.4 is 5.32 Å². The zero-order valence-electron chi connectivity index (χ0n) is 15.9. The van der Waals surface area contributed by atoms with Crippen LogP contribution in [0.2, 0.25) is 0 Å². The monoisotopic (exact) mass is 343 g/mol. The largest absolute Gasteiger partial charge is 0.354 e. The van der Waals surface area contributed by atoms with E-state index in [1.165, 1.54) is 27.8 Å². The summed E-state index contributed by atoms with van der Waals surface area (Å²) < 4.78 is 1.81. The van der Waals surface area contributed by atoms with E-state index in [2.05, 4.69) is 86.3 Å². The Bertz CT molecular complexity index is 957. The van der Waals surface area contributed by atoms with E-state index in [4.69, 9.17) is 0 Å². The fraction of sp³-hybridized carbons (Fsp3) is 0.174. The molecular weight excluding hydrogens is 318 g/mol. The Kier molecular flexibility index (Phi) is 5.08. The predicted molar refractivity (Wildman–Crippen MR) is 112 cm³/mol. The first kappa shape index (κ1) is 17.7. The maximum atomic E-state index is 4.19. The van der Waals surface area contributed by atoms with Gasteiger partial charge in [-0.3, -0.25) is 4.68 Å². The van der Waals surface area contributed by atoms with Crippen LogP contribution in [0.25, 0.3) is 17.8 Å². The number of aromatic nitrogens is 2. The second-order valence-corrected chi connectivity index (χ2v) is 6.66. The van der Waals surface area contributed by atoms with Gasteiger partial charge in [-0.1, -0.05) is 43.0 Å². The molecule has 0 unspecified atom stereocenters. The number of benzene rings is 2. The third kappa shape index (κ3) is 3.77. The molecule has 0 bridgehead atoms. The maximum Gasteiger partial charge on any atom is 0.0835 e. The number of hydrogen-bond acceptors (Lipinski definition) is 2. The average Bonchev–Trinajstić information content (AvgIpc) is 3.03. The fourth-order valence-electron chi connectivity index (χ4n) is 3.10. The average molecular weight is 343 g/mol. The van der Waals surface area contributed by atoms with E-state index >= 15 is 0 Å². The first-order valence-electron chi connectivity index (χ1n) is 8.75. The Hall–Kier alpha value is -3.07. The van der Waals surface area contributed by atoms with Crippen LogP contribution in [-0.4, -0.2) is 9.78 Å². The van der Waals surface area contributed by atoms with Crippen molar-refractivity contribution in [2.75, 3.05) is 5.32 Å². The lowest BCUT2D eigenvalue weighted by Gasteiger charge is -2.13. The Labute approximate surface area is 155 Å². The molecule has 3 heteroatoms. The van der Waals surface area contributed by atoms with Crippen LogP contribution in [-0.2, 0) is 7.05 Å². The van der Waals surface area contributed by atoms with Crippen LogP contribution >= 0.6 is 0 Å². The highest BCUT2D eigenvalue weighted by molar-refractivity contribution is 5.78. The normalized spacial score (nSPS) is 11.1. The van der Waals surface area contributed by atoms with Crippen LogP contribution in [0.4, 0.5) is 5.69 Å². The molecule has 0 aliphatic heterocycles.